The van der Waals surface area contributed by atoms with E-state index in [1.54, 1.807) is 42.7 Å². The van der Waals surface area contributed by atoms with Crippen LogP contribution in [0.3, 0.4) is 0 Å². The van der Waals surface area contributed by atoms with Crippen LogP contribution in [0.1, 0.15) is 11.1 Å². The van der Waals surface area contributed by atoms with Crippen molar-refractivity contribution in [2.45, 2.75) is 0 Å². The van der Waals surface area contributed by atoms with E-state index >= 15 is 0 Å². The number of pyridine rings is 1. The van der Waals surface area contributed by atoms with Gasteiger partial charge in [-0.05, 0) is 23.8 Å². The van der Waals surface area contributed by atoms with Crippen LogP contribution in [0, 0.1) is 11.3 Å². The normalized spacial score (nSPS) is 11.6. The first-order valence-corrected chi connectivity index (χ1v) is 5.94. The molecule has 0 N–H and O–H groups in total. The first-order valence-electron chi connectivity index (χ1n) is 5.18. The lowest BCUT2D eigenvalue weighted by atomic mass is 10.1. The number of nitriles is 1. The second-order valence-corrected chi connectivity index (χ2v) is 4.37. The van der Waals surface area contributed by atoms with Crippen LogP contribution in [0.2, 0.25) is 5.02 Å². The van der Waals surface area contributed by atoms with E-state index in [1.165, 1.54) is 0 Å². The molecule has 0 bridgehead atoms. The zero-order valence-corrected chi connectivity index (χ0v) is 10.8. The minimum atomic E-state index is 0.369. The van der Waals surface area contributed by atoms with E-state index in [9.17, 15) is 5.26 Å². The number of rotatable bonds is 2. The molecule has 0 aliphatic carbocycles. The highest BCUT2D eigenvalue weighted by Crippen LogP contribution is 2.30. The highest BCUT2D eigenvalue weighted by atomic mass is 35.5. The van der Waals surface area contributed by atoms with Gasteiger partial charge >= 0.3 is 0 Å². The Morgan fingerprint density at radius 3 is 2.56 bits per heavy atom. The lowest BCUT2D eigenvalue weighted by Gasteiger charge is -2.04. The molecule has 0 aliphatic heterocycles. The van der Waals surface area contributed by atoms with Crippen LogP contribution in [-0.2, 0) is 0 Å². The van der Waals surface area contributed by atoms with Crippen LogP contribution in [-0.4, -0.2) is 4.98 Å². The van der Waals surface area contributed by atoms with Crippen LogP contribution in [0.5, 0.6) is 0 Å². The van der Waals surface area contributed by atoms with E-state index in [2.05, 4.69) is 11.1 Å². The number of hydrogen-bond donors (Lipinski definition) is 0. The molecule has 4 heteroatoms. The van der Waals surface area contributed by atoms with Gasteiger partial charge in [-0.1, -0.05) is 41.4 Å². The van der Waals surface area contributed by atoms with Gasteiger partial charge in [-0.15, -0.1) is 0 Å². The molecule has 2 rings (SSSR count). The molecule has 1 heterocycles. The Balaban J connectivity index is 2.55. The van der Waals surface area contributed by atoms with Gasteiger partial charge in [0.05, 0.1) is 10.6 Å². The van der Waals surface area contributed by atoms with Gasteiger partial charge in [0, 0.05) is 23.0 Å². The largest absolute Gasteiger partial charge is 0.264 e. The molecule has 0 fully saturated rings. The molecule has 0 aliphatic rings. The fourth-order valence-electron chi connectivity index (χ4n) is 1.52. The van der Waals surface area contributed by atoms with Crippen LogP contribution in [0.4, 0.5) is 0 Å². The first-order chi connectivity index (χ1) is 8.72. The fourth-order valence-corrected chi connectivity index (χ4v) is 1.98. The first kappa shape index (κ1) is 12.6. The molecule has 2 nitrogen and oxygen atoms in total. The third-order valence-electron chi connectivity index (χ3n) is 2.36. The van der Waals surface area contributed by atoms with Gasteiger partial charge in [-0.2, -0.15) is 5.26 Å². The minimum absolute atomic E-state index is 0.369. The van der Waals surface area contributed by atoms with Gasteiger partial charge in [0.25, 0.3) is 0 Å². The highest BCUT2D eigenvalue weighted by molar-refractivity contribution is 6.53. The zero-order chi connectivity index (χ0) is 13.0. The van der Waals surface area contributed by atoms with Crippen LogP contribution < -0.4 is 0 Å². The second-order valence-electron chi connectivity index (χ2n) is 3.55. The Kier molecular flexibility index (Phi) is 3.99. The SMILES string of the molecule is N#C/C(=C(/Cl)c1cccc(Cl)c1)c1cccnc1. The molecule has 2 aromatic rings. The van der Waals surface area contributed by atoms with E-state index in [0.29, 0.717) is 26.8 Å². The maximum absolute atomic E-state index is 9.23. The van der Waals surface area contributed by atoms with Crippen molar-refractivity contribution in [1.29, 1.82) is 5.26 Å². The van der Waals surface area contributed by atoms with Crippen LogP contribution in [0.25, 0.3) is 10.6 Å². The van der Waals surface area contributed by atoms with Gasteiger partial charge < -0.3 is 0 Å². The third-order valence-corrected chi connectivity index (χ3v) is 3.00. The third kappa shape index (κ3) is 2.70. The smallest absolute Gasteiger partial charge is 0.101 e. The van der Waals surface area contributed by atoms with Crippen molar-refractivity contribution in [3.05, 3.63) is 64.9 Å². The van der Waals surface area contributed by atoms with E-state index < -0.39 is 0 Å². The van der Waals surface area contributed by atoms with Crippen molar-refractivity contribution in [2.24, 2.45) is 0 Å². The summed E-state index contributed by atoms with van der Waals surface area (Å²) in [4.78, 5) is 3.98. The lowest BCUT2D eigenvalue weighted by Crippen LogP contribution is -1.87. The Hall–Kier alpha value is -1.82. The fraction of sp³-hybridized carbons (Fsp3) is 0. The lowest BCUT2D eigenvalue weighted by molar-refractivity contribution is 1.31. The summed E-state index contributed by atoms with van der Waals surface area (Å²) in [7, 11) is 0. The molecule has 18 heavy (non-hydrogen) atoms. The maximum atomic E-state index is 9.23. The number of hydrogen-bond acceptors (Lipinski definition) is 2. The Morgan fingerprint density at radius 1 is 1.17 bits per heavy atom. The number of aromatic nitrogens is 1. The summed E-state index contributed by atoms with van der Waals surface area (Å²) in [6.07, 6.45) is 3.25. The van der Waals surface area contributed by atoms with Crippen LogP contribution >= 0.6 is 23.2 Å². The Morgan fingerprint density at radius 2 is 1.94 bits per heavy atom. The van der Waals surface area contributed by atoms with Crippen molar-refractivity contribution in [2.75, 3.05) is 0 Å². The number of nitrogens with zero attached hydrogens (tertiary/aromatic N) is 2. The van der Waals surface area contributed by atoms with Gasteiger partial charge in [-0.3, -0.25) is 4.98 Å². The van der Waals surface area contributed by atoms with Gasteiger partial charge in [-0.25, -0.2) is 0 Å². The van der Waals surface area contributed by atoms with Crippen LogP contribution in [0.15, 0.2) is 48.8 Å². The molecule has 0 spiro atoms. The minimum Gasteiger partial charge on any atom is -0.264 e. The molecule has 1 aromatic carbocycles. The molecule has 0 saturated heterocycles. The number of halogens is 2. The summed E-state index contributed by atoms with van der Waals surface area (Å²) in [5.74, 6) is 0. The van der Waals surface area contributed by atoms with Crippen molar-refractivity contribution in [3.63, 3.8) is 0 Å². The molecule has 0 radical (unpaired) electrons. The number of benzene rings is 1. The quantitative estimate of drug-likeness (QED) is 0.763. The summed E-state index contributed by atoms with van der Waals surface area (Å²) in [6, 6.07) is 12.7. The predicted molar refractivity (Wildman–Crippen MR) is 74.0 cm³/mol. The molecule has 88 valence electrons. The molecule has 0 saturated carbocycles. The molecule has 0 atom stereocenters. The van der Waals surface area contributed by atoms with E-state index in [0.717, 1.165) is 0 Å². The Bertz CT molecular complexity index is 628. The summed E-state index contributed by atoms with van der Waals surface area (Å²) in [5, 5.41) is 10.2. The van der Waals surface area contributed by atoms with E-state index in [-0.39, 0.29) is 0 Å². The average molecular weight is 275 g/mol. The predicted octanol–water partition coefficient (Wildman–Crippen LogP) is 4.37. The maximum Gasteiger partial charge on any atom is 0.101 e. The van der Waals surface area contributed by atoms with Gasteiger partial charge in [0.1, 0.15) is 6.07 Å². The van der Waals surface area contributed by atoms with Crippen molar-refractivity contribution < 1.29 is 0 Å². The van der Waals surface area contributed by atoms with Crippen molar-refractivity contribution in [1.82, 2.24) is 4.98 Å². The Labute approximate surface area is 115 Å². The van der Waals surface area contributed by atoms with Crippen molar-refractivity contribution >= 4 is 33.8 Å². The molecular weight excluding hydrogens is 267 g/mol. The topological polar surface area (TPSA) is 36.7 Å². The van der Waals surface area contributed by atoms with E-state index in [1.807, 2.05) is 6.07 Å². The summed E-state index contributed by atoms with van der Waals surface area (Å²) < 4.78 is 0. The molecule has 1 aromatic heterocycles. The highest BCUT2D eigenvalue weighted by Gasteiger charge is 2.09. The zero-order valence-electron chi connectivity index (χ0n) is 9.27. The summed E-state index contributed by atoms with van der Waals surface area (Å²) in [5.41, 5.74) is 1.78. The van der Waals surface area contributed by atoms with E-state index in [4.69, 9.17) is 23.2 Å². The van der Waals surface area contributed by atoms with Gasteiger partial charge in [0.2, 0.25) is 0 Å². The number of allylic oxidation sites excluding steroid dienone is 1. The van der Waals surface area contributed by atoms with Gasteiger partial charge in [0.15, 0.2) is 0 Å². The summed E-state index contributed by atoms with van der Waals surface area (Å²) >= 11 is 12.2. The van der Waals surface area contributed by atoms with Crippen molar-refractivity contribution in [3.8, 4) is 6.07 Å². The standard InChI is InChI=1S/C14H8Cl2N2/c15-12-5-1-3-10(7-12)14(16)13(8-17)11-4-2-6-18-9-11/h1-7,9H/b14-13-. The average Bonchev–Trinajstić information content (AvgIpc) is 2.41. The monoisotopic (exact) mass is 274 g/mol. The molecule has 0 amide bonds. The summed E-state index contributed by atoms with van der Waals surface area (Å²) in [6.45, 7) is 0. The second kappa shape index (κ2) is 5.68. The molecular formula is C14H8Cl2N2. The molecule has 0 unspecified atom stereocenters.